The average molecular weight is 259 g/mol. The third kappa shape index (κ3) is 2.79. The zero-order chi connectivity index (χ0) is 13.1. The summed E-state index contributed by atoms with van der Waals surface area (Å²) in [4.78, 5) is 0. The summed E-state index contributed by atoms with van der Waals surface area (Å²) in [5, 5.41) is 3.46. The average Bonchev–Trinajstić information content (AvgIpc) is 2.75. The number of fused-ring (bicyclic) bond motifs is 1. The number of hydrogen-bond acceptors (Lipinski definition) is 2. The molecule has 2 atom stereocenters. The molecule has 1 N–H and O–H groups in total. The highest BCUT2D eigenvalue weighted by molar-refractivity contribution is 5.38. The molecule has 0 amide bonds. The predicted molar refractivity (Wildman–Crippen MR) is 78.5 cm³/mol. The van der Waals surface area contributed by atoms with Crippen molar-refractivity contribution in [3.63, 3.8) is 0 Å². The van der Waals surface area contributed by atoms with Crippen LogP contribution in [0, 0.1) is 5.92 Å². The van der Waals surface area contributed by atoms with Crippen LogP contribution in [0.4, 0.5) is 0 Å². The smallest absolute Gasteiger partial charge is 0.124 e. The van der Waals surface area contributed by atoms with Gasteiger partial charge >= 0.3 is 0 Å². The molecule has 0 aromatic heterocycles. The molecule has 0 bridgehead atoms. The van der Waals surface area contributed by atoms with Crippen molar-refractivity contribution in [2.75, 3.05) is 7.05 Å². The fraction of sp³-hybridized carbons (Fsp3) is 0.647. The first kappa shape index (κ1) is 13.0. The number of rotatable bonds is 2. The monoisotopic (exact) mass is 259 g/mol. The van der Waals surface area contributed by atoms with E-state index in [-0.39, 0.29) is 0 Å². The Bertz CT molecular complexity index is 409. The molecule has 2 unspecified atom stereocenters. The third-order valence-corrected chi connectivity index (χ3v) is 4.81. The Hall–Kier alpha value is -1.02. The van der Waals surface area contributed by atoms with Gasteiger partial charge in [0.2, 0.25) is 0 Å². The summed E-state index contributed by atoms with van der Waals surface area (Å²) in [6.45, 7) is 0. The summed E-state index contributed by atoms with van der Waals surface area (Å²) in [7, 11) is 2.07. The molecule has 19 heavy (non-hydrogen) atoms. The van der Waals surface area contributed by atoms with E-state index in [1.807, 2.05) is 0 Å². The van der Waals surface area contributed by atoms with Crippen molar-refractivity contribution in [2.24, 2.45) is 5.92 Å². The fourth-order valence-electron chi connectivity index (χ4n) is 3.69. The quantitative estimate of drug-likeness (QED) is 0.808. The molecule has 3 rings (SSSR count). The van der Waals surface area contributed by atoms with Gasteiger partial charge in [-0.2, -0.15) is 0 Å². The van der Waals surface area contributed by atoms with Gasteiger partial charge in [0.15, 0.2) is 0 Å². The first-order chi connectivity index (χ1) is 9.38. The van der Waals surface area contributed by atoms with Crippen LogP contribution in [0.2, 0.25) is 0 Å². The molecule has 1 heterocycles. The van der Waals surface area contributed by atoms with Gasteiger partial charge in [-0.25, -0.2) is 0 Å². The maximum atomic E-state index is 6.32. The molecular weight excluding hydrogens is 234 g/mol. The van der Waals surface area contributed by atoms with Gasteiger partial charge in [0.05, 0.1) is 0 Å². The minimum absolute atomic E-state index is 0.408. The summed E-state index contributed by atoms with van der Waals surface area (Å²) >= 11 is 0. The highest BCUT2D eigenvalue weighted by Gasteiger charge is 2.32. The van der Waals surface area contributed by atoms with Crippen LogP contribution in [0.5, 0.6) is 5.75 Å². The molecule has 1 aliphatic heterocycles. The molecule has 2 aliphatic rings. The van der Waals surface area contributed by atoms with Crippen molar-refractivity contribution in [2.45, 2.75) is 57.1 Å². The number of ether oxygens (including phenoxy) is 1. The maximum absolute atomic E-state index is 6.32. The van der Waals surface area contributed by atoms with Crippen LogP contribution in [-0.2, 0) is 0 Å². The molecular formula is C17H25NO. The molecule has 1 aromatic carbocycles. The van der Waals surface area contributed by atoms with Crippen LogP contribution in [0.3, 0.4) is 0 Å². The Morgan fingerprint density at radius 2 is 1.79 bits per heavy atom. The van der Waals surface area contributed by atoms with E-state index >= 15 is 0 Å². The van der Waals surface area contributed by atoms with Gasteiger partial charge in [-0.3, -0.25) is 0 Å². The fourth-order valence-corrected chi connectivity index (χ4v) is 3.69. The van der Waals surface area contributed by atoms with E-state index in [0.29, 0.717) is 12.1 Å². The Morgan fingerprint density at radius 3 is 2.53 bits per heavy atom. The summed E-state index contributed by atoms with van der Waals surface area (Å²) in [6, 6.07) is 8.97. The van der Waals surface area contributed by atoms with Crippen molar-refractivity contribution >= 4 is 0 Å². The molecule has 0 spiro atoms. The van der Waals surface area contributed by atoms with Gasteiger partial charge in [0.25, 0.3) is 0 Å². The highest BCUT2D eigenvalue weighted by atomic mass is 16.5. The Balaban J connectivity index is 1.78. The van der Waals surface area contributed by atoms with E-state index in [2.05, 4.69) is 36.6 Å². The molecule has 104 valence electrons. The first-order valence-electron chi connectivity index (χ1n) is 7.81. The van der Waals surface area contributed by atoms with Gasteiger partial charge < -0.3 is 10.1 Å². The maximum Gasteiger partial charge on any atom is 0.124 e. The lowest BCUT2D eigenvalue weighted by atomic mass is 9.86. The van der Waals surface area contributed by atoms with E-state index in [1.54, 1.807) is 0 Å². The van der Waals surface area contributed by atoms with Gasteiger partial charge in [-0.1, -0.05) is 43.9 Å². The van der Waals surface area contributed by atoms with Crippen LogP contribution < -0.4 is 10.1 Å². The second-order valence-electron chi connectivity index (χ2n) is 6.02. The highest BCUT2D eigenvalue weighted by Crippen LogP contribution is 2.39. The summed E-state index contributed by atoms with van der Waals surface area (Å²) in [6.07, 6.45) is 9.83. The summed E-state index contributed by atoms with van der Waals surface area (Å²) in [5.41, 5.74) is 1.33. The first-order valence-corrected chi connectivity index (χ1v) is 7.81. The topological polar surface area (TPSA) is 21.3 Å². The molecule has 0 saturated heterocycles. The van der Waals surface area contributed by atoms with Crippen LogP contribution in [0.25, 0.3) is 0 Å². The third-order valence-electron chi connectivity index (χ3n) is 4.81. The molecule has 0 radical (unpaired) electrons. The van der Waals surface area contributed by atoms with E-state index in [4.69, 9.17) is 4.74 Å². The van der Waals surface area contributed by atoms with Gasteiger partial charge in [-0.15, -0.1) is 0 Å². The minimum Gasteiger partial charge on any atom is -0.490 e. The van der Waals surface area contributed by atoms with Crippen molar-refractivity contribution < 1.29 is 4.74 Å². The Morgan fingerprint density at radius 1 is 1.05 bits per heavy atom. The predicted octanol–water partition coefficient (Wildman–Crippen LogP) is 4.07. The largest absolute Gasteiger partial charge is 0.490 e. The van der Waals surface area contributed by atoms with Crippen LogP contribution in [0.15, 0.2) is 24.3 Å². The van der Waals surface area contributed by atoms with Crippen molar-refractivity contribution in [3.8, 4) is 5.75 Å². The molecule has 1 aliphatic carbocycles. The number of hydrogen-bond donors (Lipinski definition) is 1. The van der Waals surface area contributed by atoms with E-state index < -0.39 is 0 Å². The Kier molecular flexibility index (Phi) is 4.07. The van der Waals surface area contributed by atoms with Gasteiger partial charge in [0.1, 0.15) is 11.9 Å². The molecule has 1 fully saturated rings. The number of para-hydroxylation sites is 1. The molecule has 1 saturated carbocycles. The molecule has 1 aromatic rings. The summed E-state index contributed by atoms with van der Waals surface area (Å²) in [5.74, 6) is 1.86. The van der Waals surface area contributed by atoms with Crippen molar-refractivity contribution in [1.82, 2.24) is 5.32 Å². The van der Waals surface area contributed by atoms with Crippen molar-refractivity contribution in [3.05, 3.63) is 29.8 Å². The lowest BCUT2D eigenvalue weighted by molar-refractivity contribution is 0.0857. The lowest BCUT2D eigenvalue weighted by Gasteiger charge is -2.36. The van der Waals surface area contributed by atoms with Gasteiger partial charge in [-0.05, 0) is 31.9 Å². The zero-order valence-electron chi connectivity index (χ0n) is 11.9. The second-order valence-corrected chi connectivity index (χ2v) is 6.02. The second kappa shape index (κ2) is 5.96. The zero-order valence-corrected chi connectivity index (χ0v) is 11.9. The minimum atomic E-state index is 0.408. The van der Waals surface area contributed by atoms with Crippen LogP contribution >= 0.6 is 0 Å². The Labute approximate surface area is 116 Å². The number of benzene rings is 1. The lowest BCUT2D eigenvalue weighted by Crippen LogP contribution is -2.36. The normalized spacial score (nSPS) is 28.3. The van der Waals surface area contributed by atoms with Crippen molar-refractivity contribution in [1.29, 1.82) is 0 Å². The SMILES string of the molecule is CNC1CC(C2CCCCCC2)Oc2ccccc21. The summed E-state index contributed by atoms with van der Waals surface area (Å²) < 4.78 is 6.32. The standard InChI is InChI=1S/C17H25NO/c1-18-15-12-17(13-8-4-2-3-5-9-13)19-16-11-7-6-10-14(15)16/h6-7,10-11,13,15,17-18H,2-5,8-9,12H2,1H3. The van der Waals surface area contributed by atoms with Crippen LogP contribution in [-0.4, -0.2) is 13.2 Å². The van der Waals surface area contributed by atoms with E-state index in [0.717, 1.165) is 18.1 Å². The van der Waals surface area contributed by atoms with E-state index in [1.165, 1.54) is 44.1 Å². The van der Waals surface area contributed by atoms with Gasteiger partial charge in [0, 0.05) is 18.0 Å². The van der Waals surface area contributed by atoms with E-state index in [9.17, 15) is 0 Å². The van der Waals surface area contributed by atoms with Crippen LogP contribution in [0.1, 0.15) is 56.6 Å². The number of nitrogens with one attached hydrogen (secondary N) is 1. The molecule has 2 nitrogen and oxygen atoms in total. The molecule has 2 heteroatoms.